The van der Waals surface area contributed by atoms with Gasteiger partial charge in [-0.25, -0.2) is 9.78 Å². The van der Waals surface area contributed by atoms with Crippen molar-refractivity contribution < 1.29 is 14.7 Å². The Bertz CT molecular complexity index is 1190. The Morgan fingerprint density at radius 3 is 2.38 bits per heavy atom. The van der Waals surface area contributed by atoms with Gasteiger partial charge in [-0.05, 0) is 42.0 Å². The molecule has 0 aliphatic carbocycles. The van der Waals surface area contributed by atoms with Gasteiger partial charge < -0.3 is 10.4 Å². The molecule has 0 atom stereocenters. The molecule has 6 heteroatoms. The number of nitrogens with zero attached hydrogens (tertiary/aromatic N) is 2. The molecule has 2 aromatic heterocycles. The number of hydrogen-bond acceptors (Lipinski definition) is 4. The number of amides is 1. The Labute approximate surface area is 166 Å². The van der Waals surface area contributed by atoms with E-state index in [2.05, 4.69) is 15.3 Å². The van der Waals surface area contributed by atoms with Gasteiger partial charge in [0, 0.05) is 29.9 Å². The van der Waals surface area contributed by atoms with Crippen LogP contribution in [0.3, 0.4) is 0 Å². The van der Waals surface area contributed by atoms with Crippen LogP contribution in [0.2, 0.25) is 0 Å². The van der Waals surface area contributed by atoms with Gasteiger partial charge in [0.25, 0.3) is 5.91 Å². The lowest BCUT2D eigenvalue weighted by molar-refractivity contribution is 0.0696. The van der Waals surface area contributed by atoms with Crippen LogP contribution in [-0.4, -0.2) is 27.0 Å². The molecule has 4 rings (SSSR count). The van der Waals surface area contributed by atoms with Crippen LogP contribution in [-0.2, 0) is 6.54 Å². The second kappa shape index (κ2) is 7.90. The highest BCUT2D eigenvalue weighted by Crippen LogP contribution is 2.24. The van der Waals surface area contributed by atoms with Crippen molar-refractivity contribution in [3.63, 3.8) is 0 Å². The zero-order chi connectivity index (χ0) is 20.2. The van der Waals surface area contributed by atoms with Gasteiger partial charge in [0.1, 0.15) is 0 Å². The van der Waals surface area contributed by atoms with E-state index in [0.29, 0.717) is 17.8 Å². The summed E-state index contributed by atoms with van der Waals surface area (Å²) in [5, 5.41) is 12.7. The Kier molecular flexibility index (Phi) is 4.99. The summed E-state index contributed by atoms with van der Waals surface area (Å²) >= 11 is 0. The van der Waals surface area contributed by atoms with E-state index in [1.807, 2.05) is 36.4 Å². The van der Waals surface area contributed by atoms with Crippen LogP contribution in [0.15, 0.2) is 79.1 Å². The number of pyridine rings is 2. The maximum Gasteiger partial charge on any atom is 0.335 e. The highest BCUT2D eigenvalue weighted by molar-refractivity contribution is 6.07. The molecule has 29 heavy (non-hydrogen) atoms. The molecule has 0 aliphatic heterocycles. The van der Waals surface area contributed by atoms with Gasteiger partial charge in [-0.3, -0.25) is 9.78 Å². The maximum atomic E-state index is 12.9. The van der Waals surface area contributed by atoms with E-state index in [1.54, 1.807) is 30.6 Å². The molecule has 142 valence electrons. The molecule has 0 unspecified atom stereocenters. The third-order valence-corrected chi connectivity index (χ3v) is 4.59. The van der Waals surface area contributed by atoms with Crippen LogP contribution in [0.4, 0.5) is 0 Å². The van der Waals surface area contributed by atoms with Crippen LogP contribution < -0.4 is 5.32 Å². The van der Waals surface area contributed by atoms with Crippen molar-refractivity contribution in [1.29, 1.82) is 0 Å². The highest BCUT2D eigenvalue weighted by Gasteiger charge is 2.14. The number of aromatic nitrogens is 2. The fourth-order valence-electron chi connectivity index (χ4n) is 3.08. The van der Waals surface area contributed by atoms with Crippen molar-refractivity contribution in [3.8, 4) is 11.3 Å². The van der Waals surface area contributed by atoms with Crippen molar-refractivity contribution in [3.05, 3.63) is 95.8 Å². The lowest BCUT2D eigenvalue weighted by Crippen LogP contribution is -2.23. The van der Waals surface area contributed by atoms with Crippen molar-refractivity contribution in [2.75, 3.05) is 0 Å². The fraction of sp³-hybridized carbons (Fsp3) is 0.0435. The van der Waals surface area contributed by atoms with E-state index < -0.39 is 5.97 Å². The molecule has 0 fully saturated rings. The summed E-state index contributed by atoms with van der Waals surface area (Å²) in [6.45, 7) is 0.292. The first-order valence-electron chi connectivity index (χ1n) is 9.02. The van der Waals surface area contributed by atoms with Gasteiger partial charge >= 0.3 is 5.97 Å². The molecule has 1 amide bonds. The summed E-state index contributed by atoms with van der Waals surface area (Å²) in [6.07, 6.45) is 3.37. The first kappa shape index (κ1) is 18.3. The lowest BCUT2D eigenvalue weighted by atomic mass is 10.0. The average Bonchev–Trinajstić information content (AvgIpc) is 2.77. The third-order valence-electron chi connectivity index (χ3n) is 4.59. The van der Waals surface area contributed by atoms with Crippen LogP contribution in [0.5, 0.6) is 0 Å². The number of hydrogen-bond donors (Lipinski definition) is 2. The predicted molar refractivity (Wildman–Crippen MR) is 110 cm³/mol. The molecule has 4 aromatic rings. The SMILES string of the molecule is O=C(O)c1ccc(CNC(=O)c2cc(-c3ccncc3)nc3ccccc23)cc1. The van der Waals surface area contributed by atoms with Gasteiger partial charge in [0.2, 0.25) is 0 Å². The summed E-state index contributed by atoms with van der Waals surface area (Å²) in [7, 11) is 0. The summed E-state index contributed by atoms with van der Waals surface area (Å²) in [5.41, 5.74) is 3.87. The number of fused-ring (bicyclic) bond motifs is 1. The van der Waals surface area contributed by atoms with E-state index in [-0.39, 0.29) is 11.5 Å². The molecule has 0 bridgehead atoms. The van der Waals surface area contributed by atoms with Crippen LogP contribution >= 0.6 is 0 Å². The summed E-state index contributed by atoms with van der Waals surface area (Å²) < 4.78 is 0. The maximum absolute atomic E-state index is 12.9. The van der Waals surface area contributed by atoms with Gasteiger partial charge in [-0.1, -0.05) is 30.3 Å². The van der Waals surface area contributed by atoms with E-state index in [1.165, 1.54) is 12.1 Å². The number of carboxylic acid groups (broad SMARTS) is 1. The molecule has 6 nitrogen and oxygen atoms in total. The number of carboxylic acids is 1. The fourth-order valence-corrected chi connectivity index (χ4v) is 3.08. The number of carbonyl (C=O) groups is 2. The molecule has 0 aliphatic rings. The minimum atomic E-state index is -0.979. The van der Waals surface area contributed by atoms with E-state index >= 15 is 0 Å². The topological polar surface area (TPSA) is 92.2 Å². The Morgan fingerprint density at radius 1 is 0.931 bits per heavy atom. The molecule has 0 saturated heterocycles. The molecular formula is C23H17N3O3. The second-order valence-corrected chi connectivity index (χ2v) is 6.49. The zero-order valence-electron chi connectivity index (χ0n) is 15.4. The van der Waals surface area contributed by atoms with Crippen molar-refractivity contribution >= 4 is 22.8 Å². The van der Waals surface area contributed by atoms with Gasteiger partial charge in [-0.2, -0.15) is 0 Å². The Morgan fingerprint density at radius 2 is 1.66 bits per heavy atom. The van der Waals surface area contributed by atoms with Crippen LogP contribution in [0.25, 0.3) is 22.2 Å². The predicted octanol–water partition coefficient (Wildman–Crippen LogP) is 3.93. The number of aromatic carboxylic acids is 1. The normalized spacial score (nSPS) is 10.6. The molecule has 2 N–H and O–H groups in total. The molecular weight excluding hydrogens is 366 g/mol. The number of benzene rings is 2. The molecule has 0 radical (unpaired) electrons. The zero-order valence-corrected chi connectivity index (χ0v) is 15.4. The van der Waals surface area contributed by atoms with Gasteiger partial charge in [-0.15, -0.1) is 0 Å². The van der Waals surface area contributed by atoms with Crippen LogP contribution in [0, 0.1) is 0 Å². The first-order valence-corrected chi connectivity index (χ1v) is 9.02. The number of rotatable bonds is 5. The Hall–Kier alpha value is -4.06. The Balaban J connectivity index is 1.63. The molecule has 2 aromatic carbocycles. The largest absolute Gasteiger partial charge is 0.478 e. The van der Waals surface area contributed by atoms with E-state index in [4.69, 9.17) is 5.11 Å². The average molecular weight is 383 g/mol. The first-order chi connectivity index (χ1) is 14.1. The number of nitrogens with one attached hydrogen (secondary N) is 1. The second-order valence-electron chi connectivity index (χ2n) is 6.49. The summed E-state index contributed by atoms with van der Waals surface area (Å²) in [5.74, 6) is -1.20. The number of carbonyl (C=O) groups excluding carboxylic acids is 1. The summed E-state index contributed by atoms with van der Waals surface area (Å²) in [4.78, 5) is 32.6. The van der Waals surface area contributed by atoms with Crippen molar-refractivity contribution in [2.45, 2.75) is 6.54 Å². The van der Waals surface area contributed by atoms with Crippen LogP contribution in [0.1, 0.15) is 26.3 Å². The monoisotopic (exact) mass is 383 g/mol. The van der Waals surface area contributed by atoms with Crippen molar-refractivity contribution in [1.82, 2.24) is 15.3 Å². The molecule has 0 spiro atoms. The highest BCUT2D eigenvalue weighted by atomic mass is 16.4. The molecule has 2 heterocycles. The van der Waals surface area contributed by atoms with E-state index in [9.17, 15) is 9.59 Å². The smallest absolute Gasteiger partial charge is 0.335 e. The minimum Gasteiger partial charge on any atom is -0.478 e. The van der Waals surface area contributed by atoms with Crippen molar-refractivity contribution in [2.24, 2.45) is 0 Å². The standard InChI is InChI=1S/C23H17N3O3/c27-22(25-14-15-5-7-17(8-6-15)23(28)29)19-13-21(16-9-11-24-12-10-16)26-20-4-2-1-3-18(19)20/h1-13H,14H2,(H,25,27)(H,28,29). The van der Waals surface area contributed by atoms with E-state index in [0.717, 1.165) is 22.0 Å². The van der Waals surface area contributed by atoms with Gasteiger partial charge in [0.15, 0.2) is 0 Å². The molecule has 0 saturated carbocycles. The minimum absolute atomic E-state index is 0.210. The van der Waals surface area contributed by atoms with Gasteiger partial charge in [0.05, 0.1) is 22.3 Å². The lowest BCUT2D eigenvalue weighted by Gasteiger charge is -2.11. The summed E-state index contributed by atoms with van der Waals surface area (Å²) in [6, 6.07) is 19.4. The third kappa shape index (κ3) is 3.96. The quantitative estimate of drug-likeness (QED) is 0.545. The number of para-hydroxylation sites is 1.